The van der Waals surface area contributed by atoms with Crippen molar-refractivity contribution < 1.29 is 4.79 Å². The molecule has 0 spiro atoms. The molecule has 2 N–H and O–H groups in total. The van der Waals surface area contributed by atoms with Crippen LogP contribution in [0.5, 0.6) is 0 Å². The maximum Gasteiger partial charge on any atom is 0.221 e. The van der Waals surface area contributed by atoms with Crippen molar-refractivity contribution in [3.8, 4) is 0 Å². The summed E-state index contributed by atoms with van der Waals surface area (Å²) in [6.45, 7) is 8.91. The van der Waals surface area contributed by atoms with Gasteiger partial charge in [-0.25, -0.2) is 0 Å². The van der Waals surface area contributed by atoms with Gasteiger partial charge in [-0.2, -0.15) is 0 Å². The largest absolute Gasteiger partial charge is 0.381 e. The smallest absolute Gasteiger partial charge is 0.221 e. The summed E-state index contributed by atoms with van der Waals surface area (Å²) in [5, 5.41) is 6.18. The second-order valence-corrected chi connectivity index (χ2v) is 6.56. The zero-order chi connectivity index (χ0) is 16.2. The first kappa shape index (κ1) is 16.1. The highest BCUT2D eigenvalue weighted by Gasteiger charge is 2.12. The van der Waals surface area contributed by atoms with Gasteiger partial charge in [-0.05, 0) is 40.8 Å². The lowest BCUT2D eigenvalue weighted by Gasteiger charge is -2.19. The molecule has 0 aromatic heterocycles. The minimum Gasteiger partial charge on any atom is -0.381 e. The van der Waals surface area contributed by atoms with Crippen LogP contribution in [0.25, 0.3) is 0 Å². The first-order chi connectivity index (χ1) is 10.3. The van der Waals surface area contributed by atoms with Crippen LogP contribution in [0.4, 0.5) is 11.4 Å². The lowest BCUT2D eigenvalue weighted by atomic mass is 9.87. The van der Waals surface area contributed by atoms with Crippen molar-refractivity contribution in [2.45, 2.75) is 39.7 Å². The van der Waals surface area contributed by atoms with Crippen molar-refractivity contribution in [1.29, 1.82) is 0 Å². The minimum atomic E-state index is -0.0511. The number of benzene rings is 2. The van der Waals surface area contributed by atoms with Crippen LogP contribution in [0.2, 0.25) is 0 Å². The van der Waals surface area contributed by atoms with Gasteiger partial charge < -0.3 is 10.6 Å². The quantitative estimate of drug-likeness (QED) is 0.868. The van der Waals surface area contributed by atoms with Gasteiger partial charge >= 0.3 is 0 Å². The molecule has 0 radical (unpaired) electrons. The highest BCUT2D eigenvalue weighted by atomic mass is 16.1. The molecule has 0 saturated carbocycles. The maximum atomic E-state index is 11.0. The van der Waals surface area contributed by atoms with Crippen LogP contribution >= 0.6 is 0 Å². The van der Waals surface area contributed by atoms with Gasteiger partial charge in [0, 0.05) is 24.8 Å². The molecular weight excluding hydrogens is 272 g/mol. The Hall–Kier alpha value is -2.29. The fourth-order valence-electron chi connectivity index (χ4n) is 2.20. The molecule has 0 saturated heterocycles. The molecule has 2 aromatic carbocycles. The van der Waals surface area contributed by atoms with E-state index in [2.05, 4.69) is 55.7 Å². The second-order valence-electron chi connectivity index (χ2n) is 6.56. The van der Waals surface area contributed by atoms with Gasteiger partial charge in [0.05, 0.1) is 0 Å². The number of rotatable bonds is 4. The standard InChI is InChI=1S/C19H24N2O/c1-14(22)21-18-9-5-15(6-10-18)13-20-17-11-7-16(8-12-17)19(2,3)4/h5-12,20H,13H2,1-4H3,(H,21,22). The highest BCUT2D eigenvalue weighted by molar-refractivity contribution is 5.88. The Kier molecular flexibility index (Phi) is 4.86. The molecule has 1 amide bonds. The Balaban J connectivity index is 1.94. The fourth-order valence-corrected chi connectivity index (χ4v) is 2.20. The molecule has 0 aliphatic heterocycles. The zero-order valence-electron chi connectivity index (χ0n) is 13.7. The Labute approximate surface area is 132 Å². The highest BCUT2D eigenvalue weighted by Crippen LogP contribution is 2.23. The number of carbonyl (C=O) groups is 1. The molecule has 3 nitrogen and oxygen atoms in total. The molecule has 3 heteroatoms. The van der Waals surface area contributed by atoms with Crippen LogP contribution in [0.3, 0.4) is 0 Å². The summed E-state index contributed by atoms with van der Waals surface area (Å²) < 4.78 is 0. The van der Waals surface area contributed by atoms with Crippen molar-refractivity contribution >= 4 is 17.3 Å². The molecule has 0 atom stereocenters. The number of amides is 1. The molecule has 0 aliphatic rings. The van der Waals surface area contributed by atoms with Gasteiger partial charge in [0.2, 0.25) is 5.91 Å². The van der Waals surface area contributed by atoms with E-state index in [9.17, 15) is 4.79 Å². The maximum absolute atomic E-state index is 11.0. The van der Waals surface area contributed by atoms with E-state index in [0.717, 1.165) is 17.9 Å². The number of hydrogen-bond acceptors (Lipinski definition) is 2. The average Bonchev–Trinajstić information content (AvgIpc) is 2.45. The molecule has 2 aromatic rings. The molecule has 22 heavy (non-hydrogen) atoms. The van der Waals surface area contributed by atoms with Gasteiger partial charge in [-0.1, -0.05) is 45.0 Å². The summed E-state index contributed by atoms with van der Waals surface area (Å²) >= 11 is 0. The monoisotopic (exact) mass is 296 g/mol. The predicted molar refractivity (Wildman–Crippen MR) is 93.2 cm³/mol. The van der Waals surface area contributed by atoms with E-state index in [0.29, 0.717) is 0 Å². The van der Waals surface area contributed by atoms with Crippen molar-refractivity contribution in [3.05, 3.63) is 59.7 Å². The number of hydrogen-bond donors (Lipinski definition) is 2. The summed E-state index contributed by atoms with van der Waals surface area (Å²) in [6, 6.07) is 16.4. The molecule has 0 heterocycles. The molecule has 0 unspecified atom stereocenters. The third-order valence-electron chi connectivity index (χ3n) is 3.52. The van der Waals surface area contributed by atoms with E-state index >= 15 is 0 Å². The molecule has 0 aliphatic carbocycles. The van der Waals surface area contributed by atoms with E-state index in [1.54, 1.807) is 0 Å². The Morgan fingerprint density at radius 3 is 1.95 bits per heavy atom. The van der Waals surface area contributed by atoms with Gasteiger partial charge in [0.1, 0.15) is 0 Å². The van der Waals surface area contributed by atoms with E-state index in [1.807, 2.05) is 24.3 Å². The lowest BCUT2D eigenvalue weighted by Crippen LogP contribution is -2.10. The van der Waals surface area contributed by atoms with Crippen molar-refractivity contribution in [2.24, 2.45) is 0 Å². The van der Waals surface area contributed by atoms with Crippen LogP contribution in [0, 0.1) is 0 Å². The first-order valence-electron chi connectivity index (χ1n) is 7.55. The van der Waals surface area contributed by atoms with Crippen LogP contribution in [0.15, 0.2) is 48.5 Å². The summed E-state index contributed by atoms with van der Waals surface area (Å²) in [5.74, 6) is -0.0511. The van der Waals surface area contributed by atoms with Crippen LogP contribution in [-0.4, -0.2) is 5.91 Å². The summed E-state index contributed by atoms with van der Waals surface area (Å²) in [5.41, 5.74) is 4.62. The van der Waals surface area contributed by atoms with E-state index < -0.39 is 0 Å². The van der Waals surface area contributed by atoms with Crippen molar-refractivity contribution in [2.75, 3.05) is 10.6 Å². The lowest BCUT2D eigenvalue weighted by molar-refractivity contribution is -0.114. The van der Waals surface area contributed by atoms with Crippen LogP contribution in [-0.2, 0) is 16.8 Å². The van der Waals surface area contributed by atoms with E-state index in [4.69, 9.17) is 0 Å². The summed E-state index contributed by atoms with van der Waals surface area (Å²) in [7, 11) is 0. The fraction of sp³-hybridized carbons (Fsp3) is 0.316. The molecule has 2 rings (SSSR count). The van der Waals surface area contributed by atoms with Crippen molar-refractivity contribution in [1.82, 2.24) is 0 Å². The average molecular weight is 296 g/mol. The Morgan fingerprint density at radius 2 is 1.45 bits per heavy atom. The van der Waals surface area contributed by atoms with Crippen LogP contribution < -0.4 is 10.6 Å². The number of nitrogens with one attached hydrogen (secondary N) is 2. The van der Waals surface area contributed by atoms with Crippen LogP contribution in [0.1, 0.15) is 38.8 Å². The molecular formula is C19H24N2O. The summed E-state index contributed by atoms with van der Waals surface area (Å²) in [4.78, 5) is 11.0. The predicted octanol–water partition coefficient (Wildman–Crippen LogP) is 4.55. The van der Waals surface area contributed by atoms with E-state index in [1.165, 1.54) is 18.1 Å². The second kappa shape index (κ2) is 6.65. The normalized spacial score (nSPS) is 11.1. The number of anilines is 2. The minimum absolute atomic E-state index is 0.0511. The first-order valence-corrected chi connectivity index (χ1v) is 7.55. The van der Waals surface area contributed by atoms with Gasteiger partial charge in [0.15, 0.2) is 0 Å². The van der Waals surface area contributed by atoms with E-state index in [-0.39, 0.29) is 11.3 Å². The Bertz CT molecular complexity index is 622. The third-order valence-corrected chi connectivity index (χ3v) is 3.52. The number of carbonyl (C=O) groups excluding carboxylic acids is 1. The topological polar surface area (TPSA) is 41.1 Å². The molecule has 0 fully saturated rings. The van der Waals surface area contributed by atoms with Gasteiger partial charge in [-0.15, -0.1) is 0 Å². The van der Waals surface area contributed by atoms with Gasteiger partial charge in [0.25, 0.3) is 0 Å². The third kappa shape index (κ3) is 4.62. The molecule has 116 valence electrons. The summed E-state index contributed by atoms with van der Waals surface area (Å²) in [6.07, 6.45) is 0. The van der Waals surface area contributed by atoms with Crippen molar-refractivity contribution in [3.63, 3.8) is 0 Å². The van der Waals surface area contributed by atoms with Gasteiger partial charge in [-0.3, -0.25) is 4.79 Å². The zero-order valence-corrected chi connectivity index (χ0v) is 13.7. The SMILES string of the molecule is CC(=O)Nc1ccc(CNc2ccc(C(C)(C)C)cc2)cc1. The Morgan fingerprint density at radius 1 is 0.909 bits per heavy atom. The molecule has 0 bridgehead atoms.